The fraction of sp³-hybridized carbons (Fsp3) is 0.542. The molecule has 0 aliphatic carbocycles. The zero-order chi connectivity index (χ0) is 28.1. The number of hydrogen-bond acceptors (Lipinski definition) is 8. The van der Waals surface area contributed by atoms with Gasteiger partial charge in [0, 0.05) is 12.8 Å². The van der Waals surface area contributed by atoms with E-state index in [0.29, 0.717) is 17.7 Å². The smallest absolute Gasteiger partial charge is 0.326 e. The quantitative estimate of drug-likeness (QED) is 0.144. The van der Waals surface area contributed by atoms with Gasteiger partial charge >= 0.3 is 5.97 Å². The largest absolute Gasteiger partial charge is 0.508 e. The van der Waals surface area contributed by atoms with E-state index in [0.717, 1.165) is 0 Å². The summed E-state index contributed by atoms with van der Waals surface area (Å²) in [5, 5.41) is 26.5. The molecule has 9 N–H and O–H groups in total. The number of phenols is 1. The number of aromatic hydroxyl groups is 1. The SMILES string of the molecule is CSCCC(N)C(=O)NC(C(=O)NC(CCC(N)=O)C(=O)NC(Cc1ccc(O)cc1)C(=O)O)C(C)C. The highest BCUT2D eigenvalue weighted by atomic mass is 32.2. The third-order valence-corrected chi connectivity index (χ3v) is 6.16. The summed E-state index contributed by atoms with van der Waals surface area (Å²) in [6.45, 7) is 3.41. The standard InChI is InChI=1S/C24H37N5O7S/c1-13(2)20(29-21(32)16(25)10-11-37-3)23(34)27-17(8-9-19(26)31)22(33)28-18(24(35)36)12-14-4-6-15(30)7-5-14/h4-7,13,16-18,20,30H,8-12,25H2,1-3H3,(H2,26,31)(H,27,34)(H,28,33)(H,29,32)(H,35,36). The maximum Gasteiger partial charge on any atom is 0.326 e. The predicted molar refractivity (Wildman–Crippen MR) is 139 cm³/mol. The number of rotatable bonds is 16. The first-order valence-electron chi connectivity index (χ1n) is 11.8. The second-order valence-electron chi connectivity index (χ2n) is 8.95. The van der Waals surface area contributed by atoms with Gasteiger partial charge in [0.2, 0.25) is 23.6 Å². The molecule has 0 spiro atoms. The number of phenolic OH excluding ortho intramolecular Hbond substituents is 1. The first-order valence-corrected chi connectivity index (χ1v) is 13.2. The van der Waals surface area contributed by atoms with Gasteiger partial charge in [0.05, 0.1) is 6.04 Å². The molecule has 0 fully saturated rings. The van der Waals surface area contributed by atoms with Crippen LogP contribution in [0.1, 0.15) is 38.7 Å². The summed E-state index contributed by atoms with van der Waals surface area (Å²) in [5.41, 5.74) is 11.7. The monoisotopic (exact) mass is 539 g/mol. The molecule has 0 aromatic heterocycles. The van der Waals surface area contributed by atoms with Crippen molar-refractivity contribution in [3.8, 4) is 5.75 Å². The highest BCUT2D eigenvalue weighted by Gasteiger charge is 2.32. The number of carbonyl (C=O) groups is 5. The van der Waals surface area contributed by atoms with Gasteiger partial charge < -0.3 is 37.6 Å². The number of aliphatic carboxylic acids is 1. The Morgan fingerprint density at radius 3 is 2.03 bits per heavy atom. The molecule has 13 heteroatoms. The average Bonchev–Trinajstić information content (AvgIpc) is 2.83. The summed E-state index contributed by atoms with van der Waals surface area (Å²) in [6.07, 6.45) is 1.79. The highest BCUT2D eigenvalue weighted by Crippen LogP contribution is 2.12. The number of carbonyl (C=O) groups excluding carboxylic acids is 4. The molecule has 4 amide bonds. The molecule has 0 saturated carbocycles. The molecule has 0 heterocycles. The van der Waals surface area contributed by atoms with Crippen LogP contribution in [0.15, 0.2) is 24.3 Å². The van der Waals surface area contributed by atoms with Crippen LogP contribution in [0.3, 0.4) is 0 Å². The minimum Gasteiger partial charge on any atom is -0.508 e. The van der Waals surface area contributed by atoms with Crippen molar-refractivity contribution < 1.29 is 34.2 Å². The lowest BCUT2D eigenvalue weighted by Gasteiger charge is -2.27. The topological polar surface area (TPSA) is 214 Å². The van der Waals surface area contributed by atoms with E-state index in [1.54, 1.807) is 13.8 Å². The number of carboxylic acid groups (broad SMARTS) is 1. The molecule has 12 nitrogen and oxygen atoms in total. The normalized spacial score (nSPS) is 14.2. The van der Waals surface area contributed by atoms with Crippen molar-refractivity contribution in [3.05, 3.63) is 29.8 Å². The van der Waals surface area contributed by atoms with Crippen LogP contribution in [0.4, 0.5) is 0 Å². The van der Waals surface area contributed by atoms with Crippen LogP contribution < -0.4 is 27.4 Å². The molecule has 1 rings (SSSR count). The Hall–Kier alpha value is -3.32. The summed E-state index contributed by atoms with van der Waals surface area (Å²) in [6, 6.07) is 1.34. The van der Waals surface area contributed by atoms with Gasteiger partial charge in [-0.15, -0.1) is 0 Å². The maximum atomic E-state index is 13.1. The van der Waals surface area contributed by atoms with Crippen molar-refractivity contribution in [3.63, 3.8) is 0 Å². The van der Waals surface area contributed by atoms with E-state index in [1.165, 1.54) is 36.0 Å². The Kier molecular flexibility index (Phi) is 13.5. The molecule has 37 heavy (non-hydrogen) atoms. The molecule has 1 aromatic carbocycles. The second kappa shape index (κ2) is 15.7. The van der Waals surface area contributed by atoms with E-state index in [2.05, 4.69) is 16.0 Å². The van der Waals surface area contributed by atoms with E-state index in [1.807, 2.05) is 6.26 Å². The number of nitrogens with two attached hydrogens (primary N) is 2. The lowest BCUT2D eigenvalue weighted by molar-refractivity contribution is -0.142. The van der Waals surface area contributed by atoms with Gasteiger partial charge in [0.25, 0.3) is 0 Å². The minimum atomic E-state index is -1.35. The van der Waals surface area contributed by atoms with Gasteiger partial charge in [-0.05, 0) is 48.5 Å². The lowest BCUT2D eigenvalue weighted by atomic mass is 10.0. The molecule has 0 radical (unpaired) electrons. The third kappa shape index (κ3) is 11.5. The van der Waals surface area contributed by atoms with Crippen molar-refractivity contribution in [2.45, 2.75) is 63.7 Å². The summed E-state index contributed by atoms with van der Waals surface area (Å²) in [4.78, 5) is 61.7. The van der Waals surface area contributed by atoms with E-state index < -0.39 is 53.8 Å². The second-order valence-corrected chi connectivity index (χ2v) is 9.94. The molecule has 0 bridgehead atoms. The Morgan fingerprint density at radius 1 is 0.919 bits per heavy atom. The van der Waals surface area contributed by atoms with Crippen LogP contribution in [0.5, 0.6) is 5.75 Å². The predicted octanol–water partition coefficient (Wildman–Crippen LogP) is -0.524. The van der Waals surface area contributed by atoms with Crippen molar-refractivity contribution >= 4 is 41.4 Å². The number of primary amides is 1. The minimum absolute atomic E-state index is 0.00546. The number of benzene rings is 1. The molecule has 0 aliphatic heterocycles. The summed E-state index contributed by atoms with van der Waals surface area (Å²) in [7, 11) is 0. The molecular weight excluding hydrogens is 502 g/mol. The number of thioether (sulfide) groups is 1. The Labute approximate surface area is 220 Å². The van der Waals surface area contributed by atoms with Crippen LogP contribution in [0.25, 0.3) is 0 Å². The van der Waals surface area contributed by atoms with Crippen LogP contribution in [-0.2, 0) is 30.4 Å². The molecule has 4 atom stereocenters. The first kappa shape index (κ1) is 31.7. The number of amides is 4. The average molecular weight is 540 g/mol. The molecule has 206 valence electrons. The van der Waals surface area contributed by atoms with Gasteiger partial charge in [-0.1, -0.05) is 26.0 Å². The summed E-state index contributed by atoms with van der Waals surface area (Å²) in [5.74, 6) is -3.74. The zero-order valence-electron chi connectivity index (χ0n) is 21.2. The van der Waals surface area contributed by atoms with E-state index in [4.69, 9.17) is 11.5 Å². The number of hydrogen-bond donors (Lipinski definition) is 7. The first-order chi connectivity index (χ1) is 17.3. The number of carboxylic acids is 1. The lowest BCUT2D eigenvalue weighted by Crippen LogP contribution is -2.58. The van der Waals surface area contributed by atoms with Crippen molar-refractivity contribution in [1.29, 1.82) is 0 Å². The van der Waals surface area contributed by atoms with Gasteiger partial charge in [-0.25, -0.2) is 4.79 Å². The fourth-order valence-electron chi connectivity index (χ4n) is 3.33. The highest BCUT2D eigenvalue weighted by molar-refractivity contribution is 7.98. The molecule has 0 aliphatic rings. The Balaban J connectivity index is 3.00. The number of nitrogens with one attached hydrogen (secondary N) is 3. The molecule has 4 unspecified atom stereocenters. The summed E-state index contributed by atoms with van der Waals surface area (Å²) < 4.78 is 0. The van der Waals surface area contributed by atoms with Crippen LogP contribution >= 0.6 is 11.8 Å². The van der Waals surface area contributed by atoms with Crippen molar-refractivity contribution in [1.82, 2.24) is 16.0 Å². The van der Waals surface area contributed by atoms with Gasteiger partial charge in [0.1, 0.15) is 23.9 Å². The molecular formula is C24H37N5O7S. The zero-order valence-corrected chi connectivity index (χ0v) is 22.0. The fourth-order valence-corrected chi connectivity index (χ4v) is 3.82. The molecule has 1 aromatic rings. The van der Waals surface area contributed by atoms with E-state index in [-0.39, 0.29) is 30.9 Å². The van der Waals surface area contributed by atoms with Crippen molar-refractivity contribution in [2.75, 3.05) is 12.0 Å². The Morgan fingerprint density at radius 2 is 1.51 bits per heavy atom. The third-order valence-electron chi connectivity index (χ3n) is 5.52. The maximum absolute atomic E-state index is 13.1. The van der Waals surface area contributed by atoms with Crippen LogP contribution in [0.2, 0.25) is 0 Å². The van der Waals surface area contributed by atoms with Crippen LogP contribution in [0, 0.1) is 5.92 Å². The van der Waals surface area contributed by atoms with Crippen LogP contribution in [-0.4, -0.2) is 76.0 Å². The van der Waals surface area contributed by atoms with E-state index in [9.17, 15) is 34.2 Å². The van der Waals surface area contributed by atoms with E-state index >= 15 is 0 Å². The molecule has 0 saturated heterocycles. The van der Waals surface area contributed by atoms with Crippen molar-refractivity contribution in [2.24, 2.45) is 17.4 Å². The summed E-state index contributed by atoms with van der Waals surface area (Å²) >= 11 is 1.53. The van der Waals surface area contributed by atoms with Gasteiger partial charge in [0.15, 0.2) is 0 Å². The van der Waals surface area contributed by atoms with Gasteiger partial charge in [-0.3, -0.25) is 19.2 Å². The Bertz CT molecular complexity index is 942. The van der Waals surface area contributed by atoms with Gasteiger partial charge in [-0.2, -0.15) is 11.8 Å².